The fourth-order valence-corrected chi connectivity index (χ4v) is 4.67. The van der Waals surface area contributed by atoms with Crippen LogP contribution in [0.4, 0.5) is 0 Å². The predicted octanol–water partition coefficient (Wildman–Crippen LogP) is 3.12. The lowest BCUT2D eigenvalue weighted by Gasteiger charge is -2.17. The third-order valence-electron chi connectivity index (χ3n) is 4.33. The summed E-state index contributed by atoms with van der Waals surface area (Å²) in [6, 6.07) is 21.6. The van der Waals surface area contributed by atoms with E-state index < -0.39 is 21.0 Å². The maximum atomic E-state index is 13.2. The quantitative estimate of drug-likeness (QED) is 0.516. The van der Waals surface area contributed by atoms with Crippen molar-refractivity contribution in [2.45, 2.75) is 23.0 Å². The highest BCUT2D eigenvalue weighted by molar-refractivity contribution is 7.92. The van der Waals surface area contributed by atoms with E-state index in [-0.39, 0.29) is 17.7 Å². The minimum atomic E-state index is -3.77. The number of hydrogen-bond donors (Lipinski definition) is 2. The van der Waals surface area contributed by atoms with E-state index in [1.807, 2.05) is 54.6 Å². The fraction of sp³-hybridized carbons (Fsp3) is 0.150. The van der Waals surface area contributed by atoms with Crippen LogP contribution in [0.3, 0.4) is 0 Å². The average molecular weight is 369 g/mol. The Morgan fingerprint density at radius 1 is 0.923 bits per heavy atom. The van der Waals surface area contributed by atoms with E-state index >= 15 is 0 Å². The van der Waals surface area contributed by atoms with Crippen LogP contribution in [0, 0.1) is 0 Å². The molecule has 3 rings (SSSR count). The Balaban J connectivity index is 2.00. The van der Waals surface area contributed by atoms with Crippen LogP contribution in [-0.4, -0.2) is 24.8 Å². The molecule has 1 atom stereocenters. The summed E-state index contributed by atoms with van der Waals surface area (Å²) in [5.41, 5.74) is 2.34. The maximum Gasteiger partial charge on any atom is 0.244 e. The molecule has 0 aliphatic heterocycles. The van der Waals surface area contributed by atoms with Crippen LogP contribution < -0.4 is 5.48 Å². The summed E-state index contributed by atoms with van der Waals surface area (Å²) in [6.45, 7) is 0. The van der Waals surface area contributed by atoms with Crippen LogP contribution in [0.15, 0.2) is 77.7 Å². The van der Waals surface area contributed by atoms with Gasteiger partial charge in [0.05, 0.1) is 10.1 Å². The molecule has 3 aromatic rings. The molecular formula is C20H19NO4S. The van der Waals surface area contributed by atoms with Crippen molar-refractivity contribution in [3.8, 4) is 0 Å². The fourth-order valence-electron chi connectivity index (χ4n) is 2.96. The van der Waals surface area contributed by atoms with Gasteiger partial charge in [-0.05, 0) is 34.9 Å². The molecule has 0 fully saturated rings. The average Bonchev–Trinajstić information content (AvgIpc) is 2.67. The molecule has 2 N–H and O–H groups in total. The lowest BCUT2D eigenvalue weighted by molar-refractivity contribution is -0.129. The number of fused-ring (bicyclic) bond motifs is 1. The number of benzene rings is 3. The maximum absolute atomic E-state index is 13.2. The first-order chi connectivity index (χ1) is 12.5. The number of rotatable bonds is 6. The van der Waals surface area contributed by atoms with Crippen molar-refractivity contribution in [3.63, 3.8) is 0 Å². The highest BCUT2D eigenvalue weighted by Gasteiger charge is 2.30. The largest absolute Gasteiger partial charge is 0.289 e. The minimum absolute atomic E-state index is 0.169. The zero-order valence-corrected chi connectivity index (χ0v) is 14.8. The molecule has 0 saturated heterocycles. The zero-order chi connectivity index (χ0) is 18.6. The molecule has 5 nitrogen and oxygen atoms in total. The molecule has 0 radical (unpaired) electrons. The van der Waals surface area contributed by atoms with Crippen LogP contribution in [0.5, 0.6) is 0 Å². The third kappa shape index (κ3) is 3.92. The van der Waals surface area contributed by atoms with E-state index in [1.165, 1.54) is 5.48 Å². The molecule has 3 aromatic carbocycles. The van der Waals surface area contributed by atoms with Gasteiger partial charge in [0.1, 0.15) is 0 Å². The van der Waals surface area contributed by atoms with Gasteiger partial charge in [-0.1, -0.05) is 60.7 Å². The number of hydrogen-bond acceptors (Lipinski definition) is 4. The second-order valence-electron chi connectivity index (χ2n) is 6.10. The van der Waals surface area contributed by atoms with Crippen LogP contribution in [0.25, 0.3) is 10.8 Å². The normalized spacial score (nSPS) is 12.7. The number of sulfone groups is 1. The standard InChI is InChI=1S/C20H19NO4S/c22-20(21-23)14-19(12-15-6-2-1-3-7-15)26(24,25)18-11-10-16-8-4-5-9-17(16)13-18/h1-11,13,19,23H,12,14H2,(H,21,22). The highest BCUT2D eigenvalue weighted by atomic mass is 32.2. The lowest BCUT2D eigenvalue weighted by atomic mass is 10.1. The Morgan fingerprint density at radius 2 is 1.58 bits per heavy atom. The molecule has 0 saturated carbocycles. The number of carbonyl (C=O) groups is 1. The summed E-state index contributed by atoms with van der Waals surface area (Å²) in [4.78, 5) is 11.8. The van der Waals surface area contributed by atoms with Crippen LogP contribution in [0.1, 0.15) is 12.0 Å². The molecule has 134 valence electrons. The summed E-state index contributed by atoms with van der Waals surface area (Å²) < 4.78 is 26.3. The summed E-state index contributed by atoms with van der Waals surface area (Å²) in [5, 5.41) is 9.62. The number of amides is 1. The van der Waals surface area contributed by atoms with E-state index in [0.717, 1.165) is 16.3 Å². The van der Waals surface area contributed by atoms with Crippen molar-refractivity contribution in [2.24, 2.45) is 0 Å². The smallest absolute Gasteiger partial charge is 0.244 e. The third-order valence-corrected chi connectivity index (χ3v) is 6.45. The monoisotopic (exact) mass is 369 g/mol. The second kappa shape index (κ2) is 7.68. The summed E-state index contributed by atoms with van der Waals surface area (Å²) in [5.74, 6) is -0.727. The Morgan fingerprint density at radius 3 is 2.27 bits per heavy atom. The Bertz CT molecular complexity index is 1020. The van der Waals surface area contributed by atoms with Crippen molar-refractivity contribution < 1.29 is 18.4 Å². The van der Waals surface area contributed by atoms with E-state index in [4.69, 9.17) is 5.21 Å². The van der Waals surface area contributed by atoms with Crippen molar-refractivity contribution in [1.82, 2.24) is 5.48 Å². The lowest BCUT2D eigenvalue weighted by Crippen LogP contribution is -2.31. The second-order valence-corrected chi connectivity index (χ2v) is 8.33. The van der Waals surface area contributed by atoms with E-state index in [1.54, 1.807) is 18.2 Å². The van der Waals surface area contributed by atoms with Gasteiger partial charge in [-0.15, -0.1) is 0 Å². The van der Waals surface area contributed by atoms with Crippen molar-refractivity contribution >= 4 is 26.5 Å². The van der Waals surface area contributed by atoms with Gasteiger partial charge in [0, 0.05) is 6.42 Å². The predicted molar refractivity (Wildman–Crippen MR) is 99.6 cm³/mol. The van der Waals surface area contributed by atoms with Crippen molar-refractivity contribution in [3.05, 3.63) is 78.4 Å². The van der Waals surface area contributed by atoms with Gasteiger partial charge in [-0.3, -0.25) is 10.0 Å². The Hall–Kier alpha value is -2.70. The molecule has 0 heterocycles. The van der Waals surface area contributed by atoms with Gasteiger partial charge in [-0.2, -0.15) is 0 Å². The molecule has 1 unspecified atom stereocenters. The van der Waals surface area contributed by atoms with Gasteiger partial charge in [-0.25, -0.2) is 13.9 Å². The van der Waals surface area contributed by atoms with Crippen molar-refractivity contribution in [2.75, 3.05) is 0 Å². The molecule has 0 aliphatic carbocycles. The number of nitrogens with one attached hydrogen (secondary N) is 1. The molecule has 26 heavy (non-hydrogen) atoms. The zero-order valence-electron chi connectivity index (χ0n) is 14.0. The van der Waals surface area contributed by atoms with E-state index in [2.05, 4.69) is 0 Å². The summed E-state index contributed by atoms with van der Waals surface area (Å²) >= 11 is 0. The minimum Gasteiger partial charge on any atom is -0.289 e. The summed E-state index contributed by atoms with van der Waals surface area (Å²) in [7, 11) is -3.77. The van der Waals surface area contributed by atoms with Gasteiger partial charge < -0.3 is 0 Å². The van der Waals surface area contributed by atoms with Crippen molar-refractivity contribution in [1.29, 1.82) is 0 Å². The molecule has 0 spiro atoms. The van der Waals surface area contributed by atoms with Gasteiger partial charge in [0.2, 0.25) is 5.91 Å². The number of carbonyl (C=O) groups excluding carboxylic acids is 1. The summed E-state index contributed by atoms with van der Waals surface area (Å²) in [6.07, 6.45) is -0.135. The van der Waals surface area contributed by atoms with E-state index in [9.17, 15) is 13.2 Å². The first-order valence-corrected chi connectivity index (χ1v) is 9.75. The highest BCUT2D eigenvalue weighted by Crippen LogP contribution is 2.25. The van der Waals surface area contributed by atoms with Crippen LogP contribution in [-0.2, 0) is 21.1 Å². The molecular weight excluding hydrogens is 350 g/mol. The van der Waals surface area contributed by atoms with Gasteiger partial charge in [0.25, 0.3) is 0 Å². The molecule has 6 heteroatoms. The molecule has 0 bridgehead atoms. The number of hydroxylamine groups is 1. The van der Waals surface area contributed by atoms with Crippen LogP contribution >= 0.6 is 0 Å². The first kappa shape index (κ1) is 18.1. The van der Waals surface area contributed by atoms with E-state index in [0.29, 0.717) is 0 Å². The van der Waals surface area contributed by atoms with Gasteiger partial charge in [0.15, 0.2) is 9.84 Å². The Kier molecular flexibility index (Phi) is 5.35. The van der Waals surface area contributed by atoms with Crippen LogP contribution in [0.2, 0.25) is 0 Å². The molecule has 0 aliphatic rings. The topological polar surface area (TPSA) is 83.5 Å². The molecule has 0 aromatic heterocycles. The SMILES string of the molecule is O=C(CC(Cc1ccccc1)S(=O)(=O)c1ccc2ccccc2c1)NO. The Labute approximate surface area is 152 Å². The molecule has 1 amide bonds. The van der Waals surface area contributed by atoms with Gasteiger partial charge >= 0.3 is 0 Å². The first-order valence-electron chi connectivity index (χ1n) is 8.20.